The molecule has 0 saturated carbocycles. The first-order valence-electron chi connectivity index (χ1n) is 34.8. The molecule has 10 aromatic carbocycles. The summed E-state index contributed by atoms with van der Waals surface area (Å²) in [5.74, 6) is -7.62. The topological polar surface area (TPSA) is 193 Å². The number of carbonyl (C=O) groups is 4. The first-order chi connectivity index (χ1) is 48.5. The Labute approximate surface area is 591 Å². The number of esters is 4. The molecule has 4 unspecified atom stereocenters. The van der Waals surface area contributed by atoms with Crippen LogP contribution in [0, 0.1) is 27.7 Å². The molecule has 1 aliphatic carbocycles. The van der Waals surface area contributed by atoms with Gasteiger partial charge < -0.3 is 39.4 Å². The van der Waals surface area contributed by atoms with E-state index in [1.807, 2.05) is 91.8 Å². The number of hydrogen-bond donors (Lipinski definition) is 4. The molecule has 2 aliphatic heterocycles. The molecule has 101 heavy (non-hydrogen) atoms. The Kier molecular flexibility index (Phi) is 20.8. The van der Waals surface area contributed by atoms with Gasteiger partial charge in [0.25, 0.3) is 0 Å². The van der Waals surface area contributed by atoms with Gasteiger partial charge >= 0.3 is 23.9 Å². The number of aromatic hydroxyl groups is 4. The van der Waals surface area contributed by atoms with Gasteiger partial charge in [0.05, 0.1) is 33.4 Å². The summed E-state index contributed by atoms with van der Waals surface area (Å²) in [6, 6.07) is 57.4. The lowest BCUT2D eigenvalue weighted by Gasteiger charge is -2.33. The van der Waals surface area contributed by atoms with E-state index in [4.69, 9.17) is 18.9 Å². The number of aryl methyl sites for hydroxylation is 4. The fraction of sp³-hybridized carbons (Fsp3) is 0.264. The van der Waals surface area contributed by atoms with E-state index in [-0.39, 0.29) is 105 Å². The predicted molar refractivity (Wildman–Crippen MR) is 391 cm³/mol. The molecule has 14 nitrogen and oxygen atoms in total. The standard InChI is InChI=1S/C87H86N2O12/c1-50-24-32-62(33-25-50)84(94)98-76-46-77(99-85(95)63-34-26-51(2)27-35-63)67-42-66(76)54(5)70-44-71-56(7)68-43-69(79(101-87(97)65-38-30-53(4)31-39-65)47-78(68)100-86(96)64-36-28-52(3)29-37-64)57(8)73-45-72(55(67)6)82(92)75(83(73)93)49-89(59(10)61-22-16-12-17-23-61)41-19-13-18-40-88(48-74(80(70)90)81(71)91)58(9)60-20-14-11-15-21-60/h11-12,14-17,20-39,42-47,54-59,90-93H,13,18-19,40-41,48-49H2,1-10H3/t54?,55?,56?,57?,58-,59-/m1/s1. The van der Waals surface area contributed by atoms with Crippen LogP contribution in [0.4, 0.5) is 0 Å². The fourth-order valence-electron chi connectivity index (χ4n) is 14.0. The highest BCUT2D eigenvalue weighted by molar-refractivity contribution is 5.94. The van der Waals surface area contributed by atoms with Crippen LogP contribution in [0.25, 0.3) is 0 Å². The summed E-state index contributed by atoms with van der Waals surface area (Å²) in [7, 11) is 0. The molecule has 4 N–H and O–H groups in total. The molecular weight excluding hydrogens is 1260 g/mol. The second kappa shape index (κ2) is 30.0. The summed E-state index contributed by atoms with van der Waals surface area (Å²) in [6.45, 7) is 20.4. The lowest BCUT2D eigenvalue weighted by molar-refractivity contribution is 0.0711. The zero-order valence-electron chi connectivity index (χ0n) is 58.8. The van der Waals surface area contributed by atoms with Crippen LogP contribution < -0.4 is 18.9 Å². The van der Waals surface area contributed by atoms with Gasteiger partial charge in [-0.25, -0.2) is 19.2 Å². The molecule has 0 amide bonds. The highest BCUT2D eigenvalue weighted by Gasteiger charge is 2.36. The zero-order valence-corrected chi connectivity index (χ0v) is 58.8. The molecule has 14 heteroatoms. The first-order valence-corrected chi connectivity index (χ1v) is 34.8. The quantitative estimate of drug-likeness (QED) is 0.0667. The van der Waals surface area contributed by atoms with Gasteiger partial charge in [-0.1, -0.05) is 166 Å². The van der Waals surface area contributed by atoms with Crippen molar-refractivity contribution >= 4 is 23.9 Å². The number of nitrogens with zero attached hydrogens (tertiary/aromatic N) is 2. The molecule has 516 valence electrons. The number of phenolic OH excluding ortho intramolecular Hbond substituents is 4. The summed E-state index contributed by atoms with van der Waals surface area (Å²) in [5, 5.41) is 54.0. The van der Waals surface area contributed by atoms with Crippen LogP contribution in [0.5, 0.6) is 46.0 Å². The van der Waals surface area contributed by atoms with Gasteiger partial charge in [0.1, 0.15) is 46.0 Å². The van der Waals surface area contributed by atoms with Crippen molar-refractivity contribution in [1.29, 1.82) is 0 Å². The third-order valence-corrected chi connectivity index (χ3v) is 20.6. The van der Waals surface area contributed by atoms with Crippen molar-refractivity contribution in [1.82, 2.24) is 9.80 Å². The van der Waals surface area contributed by atoms with Crippen molar-refractivity contribution < 1.29 is 58.6 Å². The maximum Gasteiger partial charge on any atom is 0.343 e. The minimum atomic E-state index is -0.932. The second-order valence-corrected chi connectivity index (χ2v) is 27.4. The van der Waals surface area contributed by atoms with Crippen molar-refractivity contribution in [2.45, 2.75) is 137 Å². The maximum absolute atomic E-state index is 14.8. The molecular formula is C87H86N2O12. The number of ether oxygens (including phenoxy) is 4. The molecule has 10 bridgehead atoms. The normalized spacial score (nSPS) is 17.1. The Morgan fingerprint density at radius 3 is 0.822 bits per heavy atom. The lowest BCUT2D eigenvalue weighted by Crippen LogP contribution is -2.29. The highest BCUT2D eigenvalue weighted by atomic mass is 16.6. The van der Waals surface area contributed by atoms with Crippen molar-refractivity contribution in [2.24, 2.45) is 0 Å². The average molecular weight is 1350 g/mol. The van der Waals surface area contributed by atoms with E-state index < -0.39 is 47.5 Å². The largest absolute Gasteiger partial charge is 0.507 e. The van der Waals surface area contributed by atoms with Gasteiger partial charge in [-0.3, -0.25) is 9.80 Å². The summed E-state index contributed by atoms with van der Waals surface area (Å²) in [6.07, 6.45) is 2.15. The third-order valence-electron chi connectivity index (χ3n) is 20.6. The maximum atomic E-state index is 14.8. The molecule has 0 spiro atoms. The average Bonchev–Trinajstić information content (AvgIpc) is 0.746. The Bertz CT molecular complexity index is 4200. The second-order valence-electron chi connectivity index (χ2n) is 27.4. The van der Waals surface area contributed by atoms with Crippen LogP contribution in [0.15, 0.2) is 194 Å². The number of benzene rings is 10. The number of carbonyl (C=O) groups excluding carboxylic acids is 4. The van der Waals surface area contributed by atoms with Crippen molar-refractivity contribution in [2.75, 3.05) is 13.1 Å². The SMILES string of the molecule is Cc1ccc(C(=O)Oc2cc(OC(=O)c3ccc(C)cc3)c3cc2C(C)c2cc4c(O)c(c2O)CN([C@H](C)c2ccccc2)CCCCCN([C@H](C)c2ccccc2)Cc2c(O)c(cc(c2O)C(C)c2cc(c(OC(=O)c5ccc(C)cc5)cc2OC(=O)c2ccc(C)cc2)C4C)C3C)cc1. The van der Waals surface area contributed by atoms with Gasteiger partial charge in [-0.2, -0.15) is 0 Å². The molecule has 0 aromatic heterocycles. The minimum Gasteiger partial charge on any atom is -0.507 e. The summed E-state index contributed by atoms with van der Waals surface area (Å²) in [5.41, 5.74) is 9.66. The third kappa shape index (κ3) is 14.9. The van der Waals surface area contributed by atoms with E-state index in [1.54, 1.807) is 121 Å². The molecule has 6 atom stereocenters. The molecule has 10 aromatic rings. The Morgan fingerprint density at radius 1 is 0.337 bits per heavy atom. The van der Waals surface area contributed by atoms with Crippen molar-refractivity contribution in [3.05, 3.63) is 305 Å². The minimum absolute atomic E-state index is 0.0156. The highest BCUT2D eigenvalue weighted by Crippen LogP contribution is 2.53. The van der Waals surface area contributed by atoms with E-state index in [0.29, 0.717) is 70.4 Å². The zero-order chi connectivity index (χ0) is 71.5. The van der Waals surface area contributed by atoms with Gasteiger partial charge in [-0.15, -0.1) is 0 Å². The van der Waals surface area contributed by atoms with E-state index in [0.717, 1.165) is 39.8 Å². The van der Waals surface area contributed by atoms with Gasteiger partial charge in [0.2, 0.25) is 0 Å². The van der Waals surface area contributed by atoms with E-state index >= 15 is 0 Å². The summed E-state index contributed by atoms with van der Waals surface area (Å²) >= 11 is 0. The Morgan fingerprint density at radius 2 is 0.574 bits per heavy atom. The predicted octanol–water partition coefficient (Wildman–Crippen LogP) is 18.9. The molecule has 0 saturated heterocycles. The number of hydrogen-bond acceptors (Lipinski definition) is 14. The van der Waals surface area contributed by atoms with Crippen molar-refractivity contribution in [3.63, 3.8) is 0 Å². The molecule has 0 fully saturated rings. The first kappa shape index (κ1) is 70.1. The van der Waals surface area contributed by atoms with Crippen LogP contribution in [-0.2, 0) is 13.1 Å². The Balaban J connectivity index is 1.20. The monoisotopic (exact) mass is 1350 g/mol. The smallest absolute Gasteiger partial charge is 0.343 e. The Hall–Kier alpha value is -10.8. The van der Waals surface area contributed by atoms with E-state index in [9.17, 15) is 39.6 Å². The van der Waals surface area contributed by atoms with Crippen LogP contribution >= 0.6 is 0 Å². The molecule has 0 radical (unpaired) electrons. The van der Waals surface area contributed by atoms with Crippen molar-refractivity contribution in [3.8, 4) is 46.0 Å². The van der Waals surface area contributed by atoms with E-state index in [1.165, 1.54) is 12.1 Å². The lowest BCUT2D eigenvalue weighted by atomic mass is 9.79. The molecule has 13 rings (SSSR count). The van der Waals surface area contributed by atoms with Gasteiger partial charge in [0.15, 0.2) is 0 Å². The molecule has 2 heterocycles. The molecule has 3 aliphatic rings. The number of phenols is 4. The van der Waals surface area contributed by atoms with Gasteiger partial charge in [0, 0.05) is 105 Å². The summed E-state index contributed by atoms with van der Waals surface area (Å²) < 4.78 is 26.3. The fourth-order valence-corrected chi connectivity index (χ4v) is 14.0. The van der Waals surface area contributed by atoms with Crippen LogP contribution in [0.3, 0.4) is 0 Å². The number of fused-ring (bicyclic) bond motifs is 8. The van der Waals surface area contributed by atoms with Crippen LogP contribution in [0.1, 0.15) is 227 Å². The van der Waals surface area contributed by atoms with Gasteiger partial charge in [-0.05, 0) is 151 Å². The van der Waals surface area contributed by atoms with Crippen LogP contribution in [-0.4, -0.2) is 67.2 Å². The van der Waals surface area contributed by atoms with Crippen LogP contribution in [0.2, 0.25) is 0 Å². The van der Waals surface area contributed by atoms with E-state index in [2.05, 4.69) is 47.9 Å². The summed E-state index contributed by atoms with van der Waals surface area (Å²) in [4.78, 5) is 63.6. The number of rotatable bonds is 12.